The molecule has 0 aliphatic rings. The van der Waals surface area contributed by atoms with Crippen LogP contribution in [0.15, 0.2) is 64.1 Å². The summed E-state index contributed by atoms with van der Waals surface area (Å²) >= 11 is 3.27. The average Bonchev–Trinajstić information content (AvgIpc) is 2.60. The summed E-state index contributed by atoms with van der Waals surface area (Å²) in [7, 11) is 0. The van der Waals surface area contributed by atoms with Crippen molar-refractivity contribution in [2.75, 3.05) is 0 Å². The third kappa shape index (κ3) is 3.18. The van der Waals surface area contributed by atoms with Crippen molar-refractivity contribution in [2.45, 2.75) is 0 Å². The lowest BCUT2D eigenvalue weighted by Crippen LogP contribution is -2.43. The maximum atomic E-state index is 12.3. The van der Waals surface area contributed by atoms with Crippen LogP contribution in [0.4, 0.5) is 0 Å². The van der Waals surface area contributed by atoms with Crippen LogP contribution < -0.4 is 16.4 Å². The zero-order valence-electron chi connectivity index (χ0n) is 12.2. The van der Waals surface area contributed by atoms with Gasteiger partial charge >= 0.3 is 0 Å². The van der Waals surface area contributed by atoms with E-state index in [1.54, 1.807) is 42.5 Å². The van der Waals surface area contributed by atoms with Gasteiger partial charge < -0.3 is 0 Å². The van der Waals surface area contributed by atoms with E-state index in [1.165, 1.54) is 16.8 Å². The number of benzene rings is 1. The smallest absolute Gasteiger partial charge is 0.268 e. The van der Waals surface area contributed by atoms with Crippen molar-refractivity contribution in [1.29, 1.82) is 0 Å². The molecule has 0 aliphatic carbocycles. The first-order chi connectivity index (χ1) is 11.6. The SMILES string of the molecule is O=C(NNC(=O)c1cnc2ccccn2c1=O)c1ccc(Br)cc1. The second-order valence-corrected chi connectivity index (χ2v) is 5.74. The van der Waals surface area contributed by atoms with E-state index in [0.717, 1.165) is 4.47 Å². The summed E-state index contributed by atoms with van der Waals surface area (Å²) in [4.78, 5) is 40.4. The summed E-state index contributed by atoms with van der Waals surface area (Å²) in [5, 5.41) is 0. The molecule has 2 N–H and O–H groups in total. The van der Waals surface area contributed by atoms with Gasteiger partial charge in [-0.25, -0.2) is 4.98 Å². The van der Waals surface area contributed by atoms with Gasteiger partial charge in [0.1, 0.15) is 11.2 Å². The van der Waals surface area contributed by atoms with Crippen molar-refractivity contribution >= 4 is 33.4 Å². The van der Waals surface area contributed by atoms with E-state index in [-0.39, 0.29) is 5.56 Å². The van der Waals surface area contributed by atoms with Gasteiger partial charge in [-0.15, -0.1) is 0 Å². The van der Waals surface area contributed by atoms with Gasteiger partial charge in [0.05, 0.1) is 0 Å². The van der Waals surface area contributed by atoms with Gasteiger partial charge in [-0.05, 0) is 36.4 Å². The molecular formula is C16H11BrN4O3. The van der Waals surface area contributed by atoms with Crippen molar-refractivity contribution < 1.29 is 9.59 Å². The Balaban J connectivity index is 1.76. The van der Waals surface area contributed by atoms with Crippen LogP contribution in [0.25, 0.3) is 5.65 Å². The first-order valence-electron chi connectivity index (χ1n) is 6.89. The maximum absolute atomic E-state index is 12.3. The molecule has 0 saturated carbocycles. The second-order valence-electron chi connectivity index (χ2n) is 4.82. The lowest BCUT2D eigenvalue weighted by atomic mass is 10.2. The van der Waals surface area contributed by atoms with Crippen molar-refractivity contribution in [1.82, 2.24) is 20.2 Å². The molecule has 0 aliphatic heterocycles. The topological polar surface area (TPSA) is 92.6 Å². The number of carbonyl (C=O) groups is 2. The van der Waals surface area contributed by atoms with Gasteiger partial charge in [0, 0.05) is 22.4 Å². The fourth-order valence-electron chi connectivity index (χ4n) is 2.04. The molecule has 2 amide bonds. The Morgan fingerprint density at radius 2 is 1.71 bits per heavy atom. The van der Waals surface area contributed by atoms with E-state index >= 15 is 0 Å². The number of hydrogen-bond donors (Lipinski definition) is 2. The van der Waals surface area contributed by atoms with Crippen molar-refractivity contribution in [2.24, 2.45) is 0 Å². The molecule has 3 aromatic rings. The van der Waals surface area contributed by atoms with Crippen molar-refractivity contribution in [3.05, 3.63) is 80.8 Å². The molecule has 0 spiro atoms. The summed E-state index contributed by atoms with van der Waals surface area (Å²) in [6.45, 7) is 0. The Kier molecular flexibility index (Phi) is 4.39. The zero-order chi connectivity index (χ0) is 17.1. The van der Waals surface area contributed by atoms with Gasteiger partial charge in [0.25, 0.3) is 17.4 Å². The third-order valence-corrected chi connectivity index (χ3v) is 3.78. The molecule has 24 heavy (non-hydrogen) atoms. The molecule has 1 aromatic carbocycles. The van der Waals surface area contributed by atoms with Crippen molar-refractivity contribution in [3.8, 4) is 0 Å². The number of rotatable bonds is 2. The summed E-state index contributed by atoms with van der Waals surface area (Å²) in [6, 6.07) is 11.6. The number of aromatic nitrogens is 2. The van der Waals surface area contributed by atoms with Crippen molar-refractivity contribution in [3.63, 3.8) is 0 Å². The largest absolute Gasteiger partial charge is 0.276 e. The number of hydrogen-bond acceptors (Lipinski definition) is 4. The molecule has 0 bridgehead atoms. The van der Waals surface area contributed by atoms with E-state index in [0.29, 0.717) is 11.2 Å². The zero-order valence-corrected chi connectivity index (χ0v) is 13.8. The minimum absolute atomic E-state index is 0.171. The fraction of sp³-hybridized carbons (Fsp3) is 0. The van der Waals surface area contributed by atoms with Crippen LogP contribution in [0.2, 0.25) is 0 Å². The quantitative estimate of drug-likeness (QED) is 0.653. The van der Waals surface area contributed by atoms with Crippen LogP contribution in [-0.2, 0) is 0 Å². The Hall–Kier alpha value is -3.00. The van der Waals surface area contributed by atoms with Gasteiger partial charge in [-0.1, -0.05) is 22.0 Å². The Morgan fingerprint density at radius 3 is 2.46 bits per heavy atom. The second kappa shape index (κ2) is 6.63. The van der Waals surface area contributed by atoms with Gasteiger partial charge in [0.15, 0.2) is 0 Å². The summed E-state index contributed by atoms with van der Waals surface area (Å²) in [6.07, 6.45) is 2.70. The first-order valence-corrected chi connectivity index (χ1v) is 7.68. The van der Waals surface area contributed by atoms with E-state index in [2.05, 4.69) is 31.8 Å². The van der Waals surface area contributed by atoms with Crippen LogP contribution in [-0.4, -0.2) is 21.2 Å². The monoisotopic (exact) mass is 386 g/mol. The predicted molar refractivity (Wildman–Crippen MR) is 90.5 cm³/mol. The molecule has 0 unspecified atom stereocenters. The normalized spacial score (nSPS) is 10.4. The van der Waals surface area contributed by atoms with E-state index in [1.807, 2.05) is 0 Å². The molecule has 8 heteroatoms. The molecule has 0 atom stereocenters. The number of nitrogens with zero attached hydrogens (tertiary/aromatic N) is 2. The number of carbonyl (C=O) groups excluding carboxylic acids is 2. The molecule has 2 aromatic heterocycles. The van der Waals surface area contributed by atoms with Crippen LogP contribution in [0, 0.1) is 0 Å². The molecule has 7 nitrogen and oxygen atoms in total. The summed E-state index contributed by atoms with van der Waals surface area (Å²) in [5.41, 5.74) is 4.58. The molecule has 120 valence electrons. The third-order valence-electron chi connectivity index (χ3n) is 3.25. The average molecular weight is 387 g/mol. The highest BCUT2D eigenvalue weighted by atomic mass is 79.9. The van der Waals surface area contributed by atoms with E-state index in [4.69, 9.17) is 0 Å². The molecule has 0 fully saturated rings. The number of hydrazine groups is 1. The highest BCUT2D eigenvalue weighted by molar-refractivity contribution is 9.10. The minimum atomic E-state index is -0.740. The van der Waals surface area contributed by atoms with Crippen LogP contribution in [0.3, 0.4) is 0 Å². The molecular weight excluding hydrogens is 376 g/mol. The summed E-state index contributed by atoms with van der Waals surface area (Å²) in [5.74, 6) is -1.24. The minimum Gasteiger partial charge on any atom is -0.268 e. The summed E-state index contributed by atoms with van der Waals surface area (Å²) < 4.78 is 2.09. The number of amides is 2. The number of fused-ring (bicyclic) bond motifs is 1. The molecule has 2 heterocycles. The Labute approximate surface area is 144 Å². The van der Waals surface area contributed by atoms with E-state index in [9.17, 15) is 14.4 Å². The van der Waals surface area contributed by atoms with E-state index < -0.39 is 17.4 Å². The number of halogens is 1. The molecule has 0 saturated heterocycles. The van der Waals surface area contributed by atoms with Crippen LogP contribution in [0.5, 0.6) is 0 Å². The Bertz CT molecular complexity index is 983. The highest BCUT2D eigenvalue weighted by Crippen LogP contribution is 2.10. The van der Waals surface area contributed by atoms with Crippen LogP contribution >= 0.6 is 15.9 Å². The van der Waals surface area contributed by atoms with Crippen LogP contribution in [0.1, 0.15) is 20.7 Å². The predicted octanol–water partition coefficient (Wildman–Crippen LogP) is 1.53. The fourth-order valence-corrected chi connectivity index (χ4v) is 2.30. The number of nitrogens with one attached hydrogen (secondary N) is 2. The highest BCUT2D eigenvalue weighted by Gasteiger charge is 2.14. The standard InChI is InChI=1S/C16H11BrN4O3/c17-11-6-4-10(5-7-11)14(22)19-20-15(23)12-9-18-13-3-1-2-8-21(13)16(12)24/h1-9H,(H,19,22)(H,20,23). The van der Waals surface area contributed by atoms with Gasteiger partial charge in [0.2, 0.25) is 0 Å². The molecule has 3 rings (SSSR count). The maximum Gasteiger partial charge on any atom is 0.276 e. The lowest BCUT2D eigenvalue weighted by molar-refractivity contribution is 0.0845. The van der Waals surface area contributed by atoms with Gasteiger partial charge in [-0.3, -0.25) is 29.6 Å². The first kappa shape index (κ1) is 15.9. The van der Waals surface area contributed by atoms with Gasteiger partial charge in [-0.2, -0.15) is 0 Å². The molecule has 0 radical (unpaired) electrons. The number of pyridine rings is 1. The Morgan fingerprint density at radius 1 is 1.00 bits per heavy atom. The lowest BCUT2D eigenvalue weighted by Gasteiger charge is -2.08.